The second-order valence-electron chi connectivity index (χ2n) is 6.43. The number of hydrogen-bond donors (Lipinski definition) is 1. The van der Waals surface area contributed by atoms with Crippen molar-refractivity contribution in [2.75, 3.05) is 11.9 Å². The molecule has 2 rings (SSSR count). The minimum atomic E-state index is 0.0557. The number of anilines is 1. The number of ether oxygens (including phenoxy) is 1. The molecule has 3 heteroatoms. The van der Waals surface area contributed by atoms with Crippen molar-refractivity contribution in [3.63, 3.8) is 0 Å². The quantitative estimate of drug-likeness (QED) is 0.669. The van der Waals surface area contributed by atoms with Gasteiger partial charge in [-0.1, -0.05) is 44.2 Å². The molecule has 0 saturated carbocycles. The highest BCUT2D eigenvalue weighted by Crippen LogP contribution is 2.23. The fourth-order valence-electron chi connectivity index (χ4n) is 2.88. The van der Waals surface area contributed by atoms with Crippen molar-refractivity contribution in [3.8, 4) is 5.75 Å². The fourth-order valence-corrected chi connectivity index (χ4v) is 2.88. The molecule has 2 aromatic rings. The Kier molecular flexibility index (Phi) is 7.05. The molecule has 1 N–H and O–H groups in total. The molecule has 0 aliphatic carbocycles. The zero-order valence-electron chi connectivity index (χ0n) is 15.8. The lowest BCUT2D eigenvalue weighted by Crippen LogP contribution is -2.15. The van der Waals surface area contributed by atoms with Gasteiger partial charge in [-0.2, -0.15) is 0 Å². The van der Waals surface area contributed by atoms with Crippen LogP contribution in [0.5, 0.6) is 5.75 Å². The summed E-state index contributed by atoms with van der Waals surface area (Å²) in [6, 6.07) is 12.4. The number of rotatable bonds is 8. The van der Waals surface area contributed by atoms with Gasteiger partial charge in [-0.05, 0) is 61.4 Å². The maximum Gasteiger partial charge on any atom is 0.224 e. The van der Waals surface area contributed by atoms with Crippen LogP contribution in [0.2, 0.25) is 0 Å². The number of aryl methyl sites for hydroxylation is 4. The predicted molar refractivity (Wildman–Crippen MR) is 104 cm³/mol. The number of amides is 1. The number of hydrogen-bond acceptors (Lipinski definition) is 2. The molecule has 1 amide bonds. The van der Waals surface area contributed by atoms with E-state index in [4.69, 9.17) is 4.74 Å². The standard InChI is InChI=1S/C22H29NO2/c1-5-18-9-7-10-19(6-2)22(18)23-21(24)11-8-14-25-20-15-16(3)12-13-17(20)4/h7,9-10,12-13,15H,5-6,8,11,14H2,1-4H3,(H,23,24). The van der Waals surface area contributed by atoms with Gasteiger partial charge in [0.25, 0.3) is 0 Å². The summed E-state index contributed by atoms with van der Waals surface area (Å²) >= 11 is 0. The van der Waals surface area contributed by atoms with Crippen LogP contribution in [0.15, 0.2) is 36.4 Å². The van der Waals surface area contributed by atoms with E-state index in [9.17, 15) is 4.79 Å². The topological polar surface area (TPSA) is 38.3 Å². The average Bonchev–Trinajstić information content (AvgIpc) is 2.61. The monoisotopic (exact) mass is 339 g/mol. The van der Waals surface area contributed by atoms with E-state index in [-0.39, 0.29) is 5.91 Å². The fraction of sp³-hybridized carbons (Fsp3) is 0.409. The third-order valence-corrected chi connectivity index (χ3v) is 4.41. The molecule has 0 spiro atoms. The van der Waals surface area contributed by atoms with Gasteiger partial charge in [0.05, 0.1) is 6.61 Å². The second kappa shape index (κ2) is 9.26. The van der Waals surface area contributed by atoms with Crippen molar-refractivity contribution < 1.29 is 9.53 Å². The van der Waals surface area contributed by atoms with Crippen molar-refractivity contribution in [3.05, 3.63) is 58.7 Å². The van der Waals surface area contributed by atoms with Crippen LogP contribution in [0.3, 0.4) is 0 Å². The van der Waals surface area contributed by atoms with Gasteiger partial charge in [-0.3, -0.25) is 4.79 Å². The molecule has 134 valence electrons. The van der Waals surface area contributed by atoms with Crippen LogP contribution in [0.1, 0.15) is 48.9 Å². The van der Waals surface area contributed by atoms with Crippen molar-refractivity contribution in [1.82, 2.24) is 0 Å². The van der Waals surface area contributed by atoms with Crippen LogP contribution < -0.4 is 10.1 Å². The summed E-state index contributed by atoms with van der Waals surface area (Å²) in [7, 11) is 0. The van der Waals surface area contributed by atoms with Crippen LogP contribution in [0, 0.1) is 13.8 Å². The molecule has 0 bridgehead atoms. The van der Waals surface area contributed by atoms with Gasteiger partial charge >= 0.3 is 0 Å². The lowest BCUT2D eigenvalue weighted by atomic mass is 10.0. The maximum atomic E-state index is 12.3. The van der Waals surface area contributed by atoms with E-state index in [2.05, 4.69) is 56.4 Å². The molecule has 0 radical (unpaired) electrons. The van der Waals surface area contributed by atoms with Crippen LogP contribution in [0.25, 0.3) is 0 Å². The molecule has 0 aromatic heterocycles. The Hall–Kier alpha value is -2.29. The zero-order chi connectivity index (χ0) is 18.2. The number of carbonyl (C=O) groups excluding carboxylic acids is 1. The molecule has 0 unspecified atom stereocenters. The van der Waals surface area contributed by atoms with E-state index in [1.807, 2.05) is 13.0 Å². The van der Waals surface area contributed by atoms with Crippen LogP contribution in [0.4, 0.5) is 5.69 Å². The first kappa shape index (κ1) is 19.0. The molecule has 0 aliphatic heterocycles. The van der Waals surface area contributed by atoms with Crippen molar-refractivity contribution in [2.24, 2.45) is 0 Å². The molecule has 2 aromatic carbocycles. The molecule has 3 nitrogen and oxygen atoms in total. The highest BCUT2D eigenvalue weighted by Gasteiger charge is 2.10. The number of carbonyl (C=O) groups is 1. The van der Waals surface area contributed by atoms with Gasteiger partial charge in [0.2, 0.25) is 5.91 Å². The number of para-hydroxylation sites is 1. The summed E-state index contributed by atoms with van der Waals surface area (Å²) in [5.74, 6) is 0.963. The van der Waals surface area contributed by atoms with E-state index < -0.39 is 0 Å². The van der Waals surface area contributed by atoms with E-state index in [1.165, 1.54) is 16.7 Å². The Labute approximate surface area is 151 Å². The van der Waals surface area contributed by atoms with Gasteiger partial charge < -0.3 is 10.1 Å². The summed E-state index contributed by atoms with van der Waals surface area (Å²) in [5.41, 5.74) is 5.69. The molecular weight excluding hydrogens is 310 g/mol. The lowest BCUT2D eigenvalue weighted by molar-refractivity contribution is -0.116. The molecule has 0 heterocycles. The molecule has 25 heavy (non-hydrogen) atoms. The SMILES string of the molecule is CCc1cccc(CC)c1NC(=O)CCCOc1cc(C)ccc1C. The third-order valence-electron chi connectivity index (χ3n) is 4.41. The van der Waals surface area contributed by atoms with Crippen molar-refractivity contribution in [2.45, 2.75) is 53.4 Å². The van der Waals surface area contributed by atoms with Crippen LogP contribution in [-0.4, -0.2) is 12.5 Å². The van der Waals surface area contributed by atoms with E-state index >= 15 is 0 Å². The summed E-state index contributed by atoms with van der Waals surface area (Å²) in [5, 5.41) is 3.11. The van der Waals surface area contributed by atoms with E-state index in [0.29, 0.717) is 19.4 Å². The maximum absolute atomic E-state index is 12.3. The lowest BCUT2D eigenvalue weighted by Gasteiger charge is -2.14. The highest BCUT2D eigenvalue weighted by atomic mass is 16.5. The first-order chi connectivity index (χ1) is 12.0. The first-order valence-corrected chi connectivity index (χ1v) is 9.15. The van der Waals surface area contributed by atoms with E-state index in [0.717, 1.165) is 29.8 Å². The molecule has 0 aliphatic rings. The predicted octanol–water partition coefficient (Wildman–Crippen LogP) is 5.23. The summed E-state index contributed by atoms with van der Waals surface area (Å²) < 4.78 is 5.83. The second-order valence-corrected chi connectivity index (χ2v) is 6.43. The Balaban J connectivity index is 1.86. The minimum absolute atomic E-state index is 0.0557. The van der Waals surface area contributed by atoms with Crippen molar-refractivity contribution in [1.29, 1.82) is 0 Å². The first-order valence-electron chi connectivity index (χ1n) is 9.15. The Morgan fingerprint density at radius 3 is 2.36 bits per heavy atom. The van der Waals surface area contributed by atoms with Crippen LogP contribution >= 0.6 is 0 Å². The van der Waals surface area contributed by atoms with Gasteiger partial charge in [0, 0.05) is 12.1 Å². The smallest absolute Gasteiger partial charge is 0.224 e. The number of nitrogens with one attached hydrogen (secondary N) is 1. The normalized spacial score (nSPS) is 10.6. The summed E-state index contributed by atoms with van der Waals surface area (Å²) in [4.78, 5) is 12.3. The third kappa shape index (κ3) is 5.35. The van der Waals surface area contributed by atoms with E-state index in [1.54, 1.807) is 0 Å². The van der Waals surface area contributed by atoms with Gasteiger partial charge in [0.1, 0.15) is 5.75 Å². The Morgan fingerprint density at radius 1 is 1.04 bits per heavy atom. The Morgan fingerprint density at radius 2 is 1.72 bits per heavy atom. The number of benzene rings is 2. The molecule has 0 fully saturated rings. The average molecular weight is 339 g/mol. The molecular formula is C22H29NO2. The Bertz CT molecular complexity index is 700. The van der Waals surface area contributed by atoms with Crippen molar-refractivity contribution >= 4 is 11.6 Å². The highest BCUT2D eigenvalue weighted by molar-refractivity contribution is 5.92. The molecule has 0 saturated heterocycles. The zero-order valence-corrected chi connectivity index (χ0v) is 15.8. The van der Waals surface area contributed by atoms with Gasteiger partial charge in [-0.25, -0.2) is 0 Å². The minimum Gasteiger partial charge on any atom is -0.493 e. The summed E-state index contributed by atoms with van der Waals surface area (Å²) in [6.07, 6.45) is 3.00. The largest absolute Gasteiger partial charge is 0.493 e. The summed E-state index contributed by atoms with van der Waals surface area (Å²) in [6.45, 7) is 8.87. The van der Waals surface area contributed by atoms with Crippen LogP contribution in [-0.2, 0) is 17.6 Å². The van der Waals surface area contributed by atoms with Gasteiger partial charge in [0.15, 0.2) is 0 Å². The van der Waals surface area contributed by atoms with Gasteiger partial charge in [-0.15, -0.1) is 0 Å². The molecule has 0 atom stereocenters.